The third kappa shape index (κ3) is 3.20. The Labute approximate surface area is 149 Å². The minimum atomic E-state index is -0.319. The summed E-state index contributed by atoms with van der Waals surface area (Å²) >= 11 is 0. The molecule has 2 aromatic heterocycles. The molecule has 7 heteroatoms. The van der Waals surface area contributed by atoms with Crippen LogP contribution in [0.3, 0.4) is 0 Å². The largest absolute Gasteiger partial charge is 0.363 e. The molecular formula is C19H18FN5O. The number of nitrogens with zero attached hydrogens (tertiary/aromatic N) is 3. The van der Waals surface area contributed by atoms with Gasteiger partial charge >= 0.3 is 0 Å². The normalized spacial score (nSPS) is 16.2. The van der Waals surface area contributed by atoms with E-state index in [1.807, 2.05) is 6.07 Å². The Balaban J connectivity index is 1.67. The first-order valence-electron chi connectivity index (χ1n) is 8.54. The first kappa shape index (κ1) is 16.4. The van der Waals surface area contributed by atoms with Crippen LogP contribution in [0, 0.1) is 5.82 Å². The van der Waals surface area contributed by atoms with Crippen molar-refractivity contribution in [2.75, 3.05) is 10.6 Å². The highest BCUT2D eigenvalue weighted by Crippen LogP contribution is 2.33. The molecule has 4 rings (SSSR count). The SMILES string of the molecule is CC(=O)Nc1ccc2c(n1)CCCC2Nc1ncnc2ccc(F)cc12. The summed E-state index contributed by atoms with van der Waals surface area (Å²) in [6.45, 7) is 1.46. The Hall–Kier alpha value is -3.09. The summed E-state index contributed by atoms with van der Waals surface area (Å²) in [4.78, 5) is 24.3. The van der Waals surface area contributed by atoms with Gasteiger partial charge in [-0.15, -0.1) is 0 Å². The summed E-state index contributed by atoms with van der Waals surface area (Å²) in [5, 5.41) is 6.79. The molecule has 0 aliphatic heterocycles. The lowest BCUT2D eigenvalue weighted by Crippen LogP contribution is -2.20. The maximum atomic E-state index is 13.7. The van der Waals surface area contributed by atoms with Gasteiger partial charge in [0.15, 0.2) is 0 Å². The van der Waals surface area contributed by atoms with E-state index in [2.05, 4.69) is 25.6 Å². The molecule has 0 radical (unpaired) electrons. The van der Waals surface area contributed by atoms with Gasteiger partial charge < -0.3 is 10.6 Å². The van der Waals surface area contributed by atoms with Crippen LogP contribution in [0.4, 0.5) is 16.0 Å². The number of amides is 1. The van der Waals surface area contributed by atoms with Gasteiger partial charge in [0.2, 0.25) is 5.91 Å². The lowest BCUT2D eigenvalue weighted by Gasteiger charge is -2.27. The highest BCUT2D eigenvalue weighted by molar-refractivity contribution is 5.89. The van der Waals surface area contributed by atoms with E-state index in [0.29, 0.717) is 22.5 Å². The minimum absolute atomic E-state index is 0.0268. The van der Waals surface area contributed by atoms with Crippen molar-refractivity contribution in [3.05, 3.63) is 53.7 Å². The topological polar surface area (TPSA) is 79.8 Å². The van der Waals surface area contributed by atoms with E-state index < -0.39 is 0 Å². The smallest absolute Gasteiger partial charge is 0.222 e. The van der Waals surface area contributed by atoms with Crippen LogP contribution in [0.2, 0.25) is 0 Å². The maximum absolute atomic E-state index is 13.7. The van der Waals surface area contributed by atoms with Crippen molar-refractivity contribution >= 4 is 28.4 Å². The summed E-state index contributed by atoms with van der Waals surface area (Å²) in [5.41, 5.74) is 2.73. The van der Waals surface area contributed by atoms with E-state index in [4.69, 9.17) is 0 Å². The Kier molecular flexibility index (Phi) is 4.20. The number of carbonyl (C=O) groups excluding carboxylic acids is 1. The summed E-state index contributed by atoms with van der Waals surface area (Å²) in [6.07, 6.45) is 4.23. The zero-order valence-corrected chi connectivity index (χ0v) is 14.3. The van der Waals surface area contributed by atoms with E-state index in [-0.39, 0.29) is 17.8 Å². The third-order valence-electron chi connectivity index (χ3n) is 4.50. The summed E-state index contributed by atoms with van der Waals surface area (Å²) < 4.78 is 13.7. The summed E-state index contributed by atoms with van der Waals surface area (Å²) in [5.74, 6) is 0.711. The molecule has 0 fully saturated rings. The van der Waals surface area contributed by atoms with Crippen LogP contribution in [0.25, 0.3) is 10.9 Å². The summed E-state index contributed by atoms with van der Waals surface area (Å²) in [6, 6.07) is 8.29. The van der Waals surface area contributed by atoms with Crippen LogP contribution in [-0.4, -0.2) is 20.9 Å². The fourth-order valence-electron chi connectivity index (χ4n) is 3.37. The van der Waals surface area contributed by atoms with Crippen molar-refractivity contribution in [2.24, 2.45) is 0 Å². The van der Waals surface area contributed by atoms with Crippen molar-refractivity contribution in [2.45, 2.75) is 32.2 Å². The van der Waals surface area contributed by atoms with Gasteiger partial charge in [-0.3, -0.25) is 4.79 Å². The molecule has 3 aromatic rings. The molecule has 2 heterocycles. The quantitative estimate of drug-likeness (QED) is 0.753. The van der Waals surface area contributed by atoms with E-state index >= 15 is 0 Å². The van der Waals surface area contributed by atoms with Crippen LogP contribution >= 0.6 is 0 Å². The van der Waals surface area contributed by atoms with E-state index in [1.165, 1.54) is 25.4 Å². The van der Waals surface area contributed by atoms with Crippen LogP contribution in [0.1, 0.15) is 37.1 Å². The molecule has 0 bridgehead atoms. The van der Waals surface area contributed by atoms with Gasteiger partial charge in [0.1, 0.15) is 23.8 Å². The summed E-state index contributed by atoms with van der Waals surface area (Å²) in [7, 11) is 0. The molecule has 1 aromatic carbocycles. The zero-order valence-electron chi connectivity index (χ0n) is 14.3. The predicted octanol–water partition coefficient (Wildman–Crippen LogP) is 3.61. The number of pyridine rings is 1. The Morgan fingerprint density at radius 1 is 1.23 bits per heavy atom. The van der Waals surface area contributed by atoms with E-state index in [9.17, 15) is 9.18 Å². The fourth-order valence-corrected chi connectivity index (χ4v) is 3.37. The monoisotopic (exact) mass is 351 g/mol. The molecule has 0 spiro atoms. The zero-order chi connectivity index (χ0) is 18.1. The number of hydrogen-bond donors (Lipinski definition) is 2. The van der Waals surface area contributed by atoms with Gasteiger partial charge in [-0.25, -0.2) is 19.3 Å². The first-order valence-corrected chi connectivity index (χ1v) is 8.54. The maximum Gasteiger partial charge on any atom is 0.222 e. The number of rotatable bonds is 3. The van der Waals surface area contributed by atoms with Crippen LogP contribution in [0.5, 0.6) is 0 Å². The second-order valence-corrected chi connectivity index (χ2v) is 6.39. The molecule has 1 amide bonds. The predicted molar refractivity (Wildman–Crippen MR) is 97.3 cm³/mol. The number of carbonyl (C=O) groups is 1. The van der Waals surface area contributed by atoms with Crippen LogP contribution in [-0.2, 0) is 11.2 Å². The number of anilines is 2. The molecule has 132 valence electrons. The van der Waals surface area contributed by atoms with Crippen molar-refractivity contribution in [3.63, 3.8) is 0 Å². The first-order chi connectivity index (χ1) is 12.6. The number of fused-ring (bicyclic) bond motifs is 2. The van der Waals surface area contributed by atoms with Gasteiger partial charge in [0.05, 0.1) is 11.6 Å². The molecule has 1 unspecified atom stereocenters. The number of halogens is 1. The number of benzene rings is 1. The Morgan fingerprint density at radius 3 is 2.96 bits per heavy atom. The number of nitrogens with one attached hydrogen (secondary N) is 2. The highest BCUT2D eigenvalue weighted by atomic mass is 19.1. The standard InChI is InChI=1S/C19H18FN5O/c1-11(26)23-18-8-6-13-16(24-18)3-2-4-17(13)25-19-14-9-12(20)5-7-15(14)21-10-22-19/h5-10,17H,2-4H2,1H3,(H,21,22,25)(H,23,24,26). The van der Waals surface area contributed by atoms with Gasteiger partial charge in [-0.2, -0.15) is 0 Å². The molecule has 2 N–H and O–H groups in total. The van der Waals surface area contributed by atoms with Crippen molar-refractivity contribution in [3.8, 4) is 0 Å². The third-order valence-corrected chi connectivity index (χ3v) is 4.50. The Morgan fingerprint density at radius 2 is 2.12 bits per heavy atom. The van der Waals surface area contributed by atoms with E-state index in [0.717, 1.165) is 30.5 Å². The van der Waals surface area contributed by atoms with Gasteiger partial charge in [0.25, 0.3) is 0 Å². The van der Waals surface area contributed by atoms with Crippen molar-refractivity contribution in [1.82, 2.24) is 15.0 Å². The molecule has 26 heavy (non-hydrogen) atoms. The average Bonchev–Trinajstić information content (AvgIpc) is 2.62. The number of aryl methyl sites for hydroxylation is 1. The lowest BCUT2D eigenvalue weighted by molar-refractivity contribution is -0.114. The number of hydrogen-bond acceptors (Lipinski definition) is 5. The fraction of sp³-hybridized carbons (Fsp3) is 0.263. The second kappa shape index (κ2) is 6.67. The minimum Gasteiger partial charge on any atom is -0.363 e. The van der Waals surface area contributed by atoms with E-state index in [1.54, 1.807) is 12.1 Å². The molecule has 1 aliphatic rings. The molecule has 6 nitrogen and oxygen atoms in total. The highest BCUT2D eigenvalue weighted by Gasteiger charge is 2.22. The van der Waals surface area contributed by atoms with Gasteiger partial charge in [0, 0.05) is 18.0 Å². The molecule has 1 atom stereocenters. The molecular weight excluding hydrogens is 333 g/mol. The van der Waals surface area contributed by atoms with Crippen molar-refractivity contribution in [1.29, 1.82) is 0 Å². The lowest BCUT2D eigenvalue weighted by atomic mass is 9.91. The second-order valence-electron chi connectivity index (χ2n) is 6.39. The molecule has 0 saturated carbocycles. The average molecular weight is 351 g/mol. The number of aromatic nitrogens is 3. The Bertz CT molecular complexity index is 991. The van der Waals surface area contributed by atoms with Crippen LogP contribution in [0.15, 0.2) is 36.7 Å². The molecule has 0 saturated heterocycles. The van der Waals surface area contributed by atoms with Crippen molar-refractivity contribution < 1.29 is 9.18 Å². The van der Waals surface area contributed by atoms with Gasteiger partial charge in [-0.05, 0) is 49.1 Å². The van der Waals surface area contributed by atoms with Gasteiger partial charge in [-0.1, -0.05) is 6.07 Å². The van der Waals surface area contributed by atoms with Crippen LogP contribution < -0.4 is 10.6 Å². The molecule has 1 aliphatic carbocycles.